The summed E-state index contributed by atoms with van der Waals surface area (Å²) in [5.74, 6) is 0.717. The first kappa shape index (κ1) is 12.6. The van der Waals surface area contributed by atoms with Gasteiger partial charge in [0.2, 0.25) is 0 Å². The lowest BCUT2D eigenvalue weighted by Crippen LogP contribution is -2.45. The van der Waals surface area contributed by atoms with E-state index in [0.717, 1.165) is 25.5 Å². The Hall–Kier alpha value is -0.900. The summed E-state index contributed by atoms with van der Waals surface area (Å²) in [6.07, 6.45) is 1.06. The zero-order valence-electron chi connectivity index (χ0n) is 10.2. The van der Waals surface area contributed by atoms with Crippen molar-refractivity contribution in [3.8, 4) is 0 Å². The van der Waals surface area contributed by atoms with Crippen LogP contribution in [-0.4, -0.2) is 49.5 Å². The van der Waals surface area contributed by atoms with Gasteiger partial charge in [-0.25, -0.2) is 0 Å². The molecule has 0 bridgehead atoms. The zero-order valence-corrected chi connectivity index (χ0v) is 10.2. The van der Waals surface area contributed by atoms with Gasteiger partial charge in [0, 0.05) is 32.2 Å². The quantitative estimate of drug-likeness (QED) is 0.727. The van der Waals surface area contributed by atoms with Crippen LogP contribution >= 0.6 is 0 Å². The second-order valence-corrected chi connectivity index (χ2v) is 4.56. The third kappa shape index (κ3) is 3.80. The third-order valence-electron chi connectivity index (χ3n) is 3.23. The summed E-state index contributed by atoms with van der Waals surface area (Å²) < 4.78 is 5.24. The minimum atomic E-state index is 0.125. The molecular formula is C14H21NO2. The number of hydrogen-bond acceptors (Lipinski definition) is 3. The molecule has 1 N–H and O–H groups in total. The third-order valence-corrected chi connectivity index (χ3v) is 3.23. The highest BCUT2D eigenvalue weighted by Gasteiger charge is 2.26. The van der Waals surface area contributed by atoms with Crippen LogP contribution in [0.1, 0.15) is 17.9 Å². The maximum atomic E-state index is 8.56. The molecule has 3 heteroatoms. The van der Waals surface area contributed by atoms with Gasteiger partial charge >= 0.3 is 0 Å². The second kappa shape index (κ2) is 6.74. The number of hydrogen-bond donors (Lipinski definition) is 1. The first-order chi connectivity index (χ1) is 8.40. The molecule has 1 heterocycles. The molecule has 0 atom stereocenters. The standard InChI is InChI=1S/C14H21NO2/c16-8-10-17-9-4-7-15-11-14(12-15)13-5-2-1-3-6-13/h1-3,5-6,14,16H,4,7-12H2. The first-order valence-electron chi connectivity index (χ1n) is 6.36. The highest BCUT2D eigenvalue weighted by Crippen LogP contribution is 2.26. The number of likely N-dealkylation sites (tertiary alicyclic amines) is 1. The van der Waals surface area contributed by atoms with E-state index in [-0.39, 0.29) is 6.61 Å². The van der Waals surface area contributed by atoms with Gasteiger partial charge in [-0.3, -0.25) is 0 Å². The summed E-state index contributed by atoms with van der Waals surface area (Å²) in [7, 11) is 0. The maximum absolute atomic E-state index is 8.56. The minimum absolute atomic E-state index is 0.125. The highest BCUT2D eigenvalue weighted by molar-refractivity contribution is 5.22. The van der Waals surface area contributed by atoms with Gasteiger partial charge in [0.15, 0.2) is 0 Å². The lowest BCUT2D eigenvalue weighted by atomic mass is 9.91. The monoisotopic (exact) mass is 235 g/mol. The zero-order chi connectivity index (χ0) is 11.9. The van der Waals surface area contributed by atoms with Crippen LogP contribution in [0.3, 0.4) is 0 Å². The second-order valence-electron chi connectivity index (χ2n) is 4.56. The minimum Gasteiger partial charge on any atom is -0.394 e. The van der Waals surface area contributed by atoms with E-state index in [1.807, 2.05) is 0 Å². The maximum Gasteiger partial charge on any atom is 0.0697 e. The predicted molar refractivity (Wildman–Crippen MR) is 68.1 cm³/mol. The van der Waals surface area contributed by atoms with E-state index in [2.05, 4.69) is 35.2 Å². The van der Waals surface area contributed by atoms with E-state index in [1.165, 1.54) is 18.7 Å². The summed E-state index contributed by atoms with van der Waals surface area (Å²) in [6, 6.07) is 10.7. The van der Waals surface area contributed by atoms with Crippen molar-refractivity contribution in [3.63, 3.8) is 0 Å². The topological polar surface area (TPSA) is 32.7 Å². The Bertz CT molecular complexity index is 309. The smallest absolute Gasteiger partial charge is 0.0697 e. The molecular weight excluding hydrogens is 214 g/mol. The normalized spacial score (nSPS) is 17.0. The molecule has 3 nitrogen and oxygen atoms in total. The van der Waals surface area contributed by atoms with Crippen LogP contribution < -0.4 is 0 Å². The Labute approximate surface area is 103 Å². The predicted octanol–water partition coefficient (Wildman–Crippen LogP) is 1.48. The molecule has 0 aliphatic carbocycles. The molecule has 1 saturated heterocycles. The molecule has 17 heavy (non-hydrogen) atoms. The fourth-order valence-electron chi connectivity index (χ4n) is 2.25. The molecule has 2 rings (SSSR count). The Morgan fingerprint density at radius 1 is 1.18 bits per heavy atom. The average molecular weight is 235 g/mol. The van der Waals surface area contributed by atoms with E-state index >= 15 is 0 Å². The van der Waals surface area contributed by atoms with Crippen molar-refractivity contribution in [2.24, 2.45) is 0 Å². The van der Waals surface area contributed by atoms with E-state index in [9.17, 15) is 0 Å². The summed E-state index contributed by atoms with van der Waals surface area (Å²) in [5.41, 5.74) is 1.46. The molecule has 0 spiro atoms. The largest absolute Gasteiger partial charge is 0.394 e. The van der Waals surface area contributed by atoms with Crippen LogP contribution in [0.25, 0.3) is 0 Å². The van der Waals surface area contributed by atoms with E-state index in [4.69, 9.17) is 9.84 Å². The van der Waals surface area contributed by atoms with E-state index in [0.29, 0.717) is 6.61 Å². The van der Waals surface area contributed by atoms with Gasteiger partial charge in [-0.1, -0.05) is 30.3 Å². The fourth-order valence-corrected chi connectivity index (χ4v) is 2.25. The number of benzene rings is 1. The summed E-state index contributed by atoms with van der Waals surface area (Å²) >= 11 is 0. The summed E-state index contributed by atoms with van der Waals surface area (Å²) in [6.45, 7) is 4.79. The van der Waals surface area contributed by atoms with Crippen molar-refractivity contribution < 1.29 is 9.84 Å². The number of rotatable bonds is 7. The van der Waals surface area contributed by atoms with Crippen LogP contribution in [0, 0.1) is 0 Å². The van der Waals surface area contributed by atoms with Crippen molar-refractivity contribution >= 4 is 0 Å². The first-order valence-corrected chi connectivity index (χ1v) is 6.36. The molecule has 1 aromatic rings. The van der Waals surface area contributed by atoms with Crippen LogP contribution in [-0.2, 0) is 4.74 Å². The molecule has 1 aliphatic rings. The lowest BCUT2D eigenvalue weighted by Gasteiger charge is -2.39. The van der Waals surface area contributed by atoms with Crippen LogP contribution in [0.2, 0.25) is 0 Å². The molecule has 1 aromatic carbocycles. The van der Waals surface area contributed by atoms with Gasteiger partial charge in [-0.15, -0.1) is 0 Å². The van der Waals surface area contributed by atoms with Crippen molar-refractivity contribution in [2.45, 2.75) is 12.3 Å². The average Bonchev–Trinajstić information content (AvgIpc) is 2.32. The van der Waals surface area contributed by atoms with Gasteiger partial charge in [-0.05, 0) is 12.0 Å². The number of aliphatic hydroxyl groups excluding tert-OH is 1. The van der Waals surface area contributed by atoms with Gasteiger partial charge in [0.05, 0.1) is 13.2 Å². The van der Waals surface area contributed by atoms with Gasteiger partial charge in [0.1, 0.15) is 0 Å². The van der Waals surface area contributed by atoms with E-state index in [1.54, 1.807) is 0 Å². The van der Waals surface area contributed by atoms with Crippen LogP contribution in [0.15, 0.2) is 30.3 Å². The Balaban J connectivity index is 1.57. The lowest BCUT2D eigenvalue weighted by molar-refractivity contribution is 0.0741. The molecule has 1 aliphatic heterocycles. The molecule has 0 saturated carbocycles. The Kier molecular flexibility index (Phi) is 4.98. The van der Waals surface area contributed by atoms with Crippen molar-refractivity contribution in [2.75, 3.05) is 39.5 Å². The van der Waals surface area contributed by atoms with Gasteiger partial charge < -0.3 is 14.7 Å². The van der Waals surface area contributed by atoms with Crippen LogP contribution in [0.4, 0.5) is 0 Å². The van der Waals surface area contributed by atoms with Crippen LogP contribution in [0.5, 0.6) is 0 Å². The van der Waals surface area contributed by atoms with Crippen molar-refractivity contribution in [1.29, 1.82) is 0 Å². The molecule has 0 unspecified atom stereocenters. The SMILES string of the molecule is OCCOCCCN1CC(c2ccccc2)C1. The molecule has 0 amide bonds. The van der Waals surface area contributed by atoms with Gasteiger partial charge in [-0.2, -0.15) is 0 Å². The fraction of sp³-hybridized carbons (Fsp3) is 0.571. The number of ether oxygens (including phenoxy) is 1. The van der Waals surface area contributed by atoms with Crippen molar-refractivity contribution in [1.82, 2.24) is 4.90 Å². The molecule has 94 valence electrons. The summed E-state index contributed by atoms with van der Waals surface area (Å²) in [5, 5.41) is 8.56. The number of aliphatic hydroxyl groups is 1. The molecule has 0 radical (unpaired) electrons. The molecule has 0 aromatic heterocycles. The van der Waals surface area contributed by atoms with E-state index < -0.39 is 0 Å². The summed E-state index contributed by atoms with van der Waals surface area (Å²) in [4.78, 5) is 2.46. The van der Waals surface area contributed by atoms with Gasteiger partial charge in [0.25, 0.3) is 0 Å². The Morgan fingerprint density at radius 3 is 2.65 bits per heavy atom. The number of nitrogens with zero attached hydrogens (tertiary/aromatic N) is 1. The molecule has 1 fully saturated rings. The highest BCUT2D eigenvalue weighted by atomic mass is 16.5. The Morgan fingerprint density at radius 2 is 1.94 bits per heavy atom. The van der Waals surface area contributed by atoms with Crippen molar-refractivity contribution in [3.05, 3.63) is 35.9 Å².